The maximum atomic E-state index is 12.0. The highest BCUT2D eigenvalue weighted by molar-refractivity contribution is 5.85. The van der Waals surface area contributed by atoms with Crippen LogP contribution in [0.4, 0.5) is 13.2 Å². The van der Waals surface area contributed by atoms with Crippen molar-refractivity contribution in [1.29, 1.82) is 0 Å². The molecule has 0 spiro atoms. The summed E-state index contributed by atoms with van der Waals surface area (Å²) in [4.78, 5) is 35.2. The number of ether oxygens (including phenoxy) is 2. The lowest BCUT2D eigenvalue weighted by Crippen LogP contribution is -2.51. The number of hydrogen-bond acceptors (Lipinski definition) is 5. The van der Waals surface area contributed by atoms with Gasteiger partial charge in [0.25, 0.3) is 0 Å². The van der Waals surface area contributed by atoms with Crippen molar-refractivity contribution >= 4 is 17.8 Å². The minimum atomic E-state index is -4.70. The molecule has 2 rings (SSSR count). The second-order valence-corrected chi connectivity index (χ2v) is 6.40. The molecular weight excluding hydrogens is 345 g/mol. The Bertz CT molecular complexity index is 512. The zero-order chi connectivity index (χ0) is 18.6. The second-order valence-electron chi connectivity index (χ2n) is 6.40. The number of halogens is 3. The van der Waals surface area contributed by atoms with Gasteiger partial charge in [0, 0.05) is 11.8 Å². The molecule has 0 saturated heterocycles. The zero-order valence-corrected chi connectivity index (χ0v) is 13.7. The molecular formula is C15H21F3N2O5. The number of carbonyl (C=O) groups is 3. The Morgan fingerprint density at radius 3 is 1.84 bits per heavy atom. The first-order valence-electron chi connectivity index (χ1n) is 8.11. The molecule has 2 saturated carbocycles. The molecule has 0 heterocycles. The van der Waals surface area contributed by atoms with Crippen LogP contribution >= 0.6 is 0 Å². The number of amides is 2. The molecule has 10 heteroatoms. The fourth-order valence-corrected chi connectivity index (χ4v) is 3.15. The maximum absolute atomic E-state index is 12.0. The van der Waals surface area contributed by atoms with Gasteiger partial charge in [-0.3, -0.25) is 30.0 Å². The molecule has 2 fully saturated rings. The molecule has 142 valence electrons. The van der Waals surface area contributed by atoms with Crippen LogP contribution in [-0.2, 0) is 23.9 Å². The molecule has 0 aromatic rings. The van der Waals surface area contributed by atoms with E-state index in [9.17, 15) is 27.6 Å². The number of rotatable bonds is 4. The molecule has 0 aromatic carbocycles. The number of nitrogens with one attached hydrogen (secondary N) is 2. The molecule has 0 bridgehead atoms. The zero-order valence-electron chi connectivity index (χ0n) is 13.7. The molecule has 25 heavy (non-hydrogen) atoms. The van der Waals surface area contributed by atoms with E-state index in [2.05, 4.69) is 20.3 Å². The number of methoxy groups -OCH3 is 1. The number of alkyl halides is 3. The average molecular weight is 366 g/mol. The Hall–Kier alpha value is -1.84. The summed E-state index contributed by atoms with van der Waals surface area (Å²) < 4.78 is 44.5. The van der Waals surface area contributed by atoms with Crippen molar-refractivity contribution in [3.63, 3.8) is 0 Å². The smallest absolute Gasteiger partial charge is 0.469 e. The van der Waals surface area contributed by atoms with Gasteiger partial charge in [0.2, 0.25) is 11.8 Å². The molecule has 0 aromatic heterocycles. The SMILES string of the molecule is COC(=O)C1CCC(C(=O)NNC(=O)C2CC(OC(F)(F)F)C2)CC1. The lowest BCUT2D eigenvalue weighted by atomic mass is 9.81. The Morgan fingerprint density at radius 1 is 0.880 bits per heavy atom. The molecule has 0 unspecified atom stereocenters. The largest absolute Gasteiger partial charge is 0.522 e. The first-order chi connectivity index (χ1) is 11.7. The third-order valence-corrected chi connectivity index (χ3v) is 4.71. The summed E-state index contributed by atoms with van der Waals surface area (Å²) >= 11 is 0. The average Bonchev–Trinajstić information content (AvgIpc) is 2.53. The summed E-state index contributed by atoms with van der Waals surface area (Å²) in [6, 6.07) is 0. The number of hydrogen-bond donors (Lipinski definition) is 2. The van der Waals surface area contributed by atoms with Crippen LogP contribution in [0, 0.1) is 17.8 Å². The van der Waals surface area contributed by atoms with Gasteiger partial charge in [-0.05, 0) is 38.5 Å². The lowest BCUT2D eigenvalue weighted by molar-refractivity contribution is -0.353. The maximum Gasteiger partial charge on any atom is 0.522 e. The highest BCUT2D eigenvalue weighted by Gasteiger charge is 2.42. The van der Waals surface area contributed by atoms with Crippen LogP contribution in [0.15, 0.2) is 0 Å². The van der Waals surface area contributed by atoms with Gasteiger partial charge >= 0.3 is 12.3 Å². The Balaban J connectivity index is 1.64. The standard InChI is InChI=1S/C15H21F3N2O5/c1-24-14(23)9-4-2-8(3-5-9)12(21)19-20-13(22)10-6-11(7-10)25-15(16,17)18/h8-11H,2-7H2,1H3,(H,19,21)(H,20,22). The second kappa shape index (κ2) is 8.03. The first kappa shape index (κ1) is 19.5. The van der Waals surface area contributed by atoms with Crippen LogP contribution in [0.2, 0.25) is 0 Å². The van der Waals surface area contributed by atoms with E-state index < -0.39 is 24.3 Å². The van der Waals surface area contributed by atoms with E-state index in [1.54, 1.807) is 0 Å². The molecule has 2 amide bonds. The number of esters is 1. The van der Waals surface area contributed by atoms with Gasteiger partial charge in [-0.1, -0.05) is 0 Å². The van der Waals surface area contributed by atoms with E-state index in [4.69, 9.17) is 0 Å². The van der Waals surface area contributed by atoms with Crippen molar-refractivity contribution in [1.82, 2.24) is 10.9 Å². The molecule has 0 atom stereocenters. The van der Waals surface area contributed by atoms with Crippen LogP contribution in [0.5, 0.6) is 0 Å². The summed E-state index contributed by atoms with van der Waals surface area (Å²) in [6.07, 6.45) is -3.70. The van der Waals surface area contributed by atoms with Crippen molar-refractivity contribution < 1.29 is 37.0 Å². The van der Waals surface area contributed by atoms with Gasteiger partial charge in [0.1, 0.15) is 0 Å². The van der Waals surface area contributed by atoms with Gasteiger partial charge in [-0.25, -0.2) is 0 Å². The summed E-state index contributed by atoms with van der Waals surface area (Å²) in [7, 11) is 1.32. The van der Waals surface area contributed by atoms with E-state index in [1.807, 2.05) is 0 Å². The molecule has 7 nitrogen and oxygen atoms in total. The van der Waals surface area contributed by atoms with Crippen LogP contribution in [0.25, 0.3) is 0 Å². The van der Waals surface area contributed by atoms with Crippen molar-refractivity contribution in [3.8, 4) is 0 Å². The normalized spacial score (nSPS) is 29.3. The van der Waals surface area contributed by atoms with Gasteiger partial charge < -0.3 is 4.74 Å². The molecule has 2 aliphatic rings. The molecule has 0 aliphatic heterocycles. The van der Waals surface area contributed by atoms with E-state index in [0.717, 1.165) is 0 Å². The summed E-state index contributed by atoms with van der Waals surface area (Å²) in [5, 5.41) is 0. The van der Waals surface area contributed by atoms with E-state index in [1.165, 1.54) is 7.11 Å². The summed E-state index contributed by atoms with van der Waals surface area (Å²) in [5.74, 6) is -2.30. The third kappa shape index (κ3) is 5.58. The van der Waals surface area contributed by atoms with Crippen LogP contribution in [-0.4, -0.2) is 37.4 Å². The highest BCUT2D eigenvalue weighted by atomic mass is 19.4. The monoisotopic (exact) mass is 366 g/mol. The van der Waals surface area contributed by atoms with Crippen LogP contribution < -0.4 is 10.9 Å². The topological polar surface area (TPSA) is 93.7 Å². The van der Waals surface area contributed by atoms with Crippen molar-refractivity contribution in [3.05, 3.63) is 0 Å². The minimum absolute atomic E-state index is 0.0363. The van der Waals surface area contributed by atoms with E-state index in [0.29, 0.717) is 25.7 Å². The first-order valence-corrected chi connectivity index (χ1v) is 8.11. The minimum Gasteiger partial charge on any atom is -0.469 e. The van der Waals surface area contributed by atoms with Crippen LogP contribution in [0.3, 0.4) is 0 Å². The van der Waals surface area contributed by atoms with Crippen LogP contribution in [0.1, 0.15) is 38.5 Å². The summed E-state index contributed by atoms with van der Waals surface area (Å²) in [6.45, 7) is 0. The molecule has 0 radical (unpaired) electrons. The van der Waals surface area contributed by atoms with E-state index >= 15 is 0 Å². The quantitative estimate of drug-likeness (QED) is 0.580. The fourth-order valence-electron chi connectivity index (χ4n) is 3.15. The summed E-state index contributed by atoms with van der Waals surface area (Å²) in [5.41, 5.74) is 4.55. The highest BCUT2D eigenvalue weighted by Crippen LogP contribution is 2.34. The number of carbonyl (C=O) groups excluding carboxylic acids is 3. The molecule has 2 N–H and O–H groups in total. The molecule has 2 aliphatic carbocycles. The third-order valence-electron chi connectivity index (χ3n) is 4.71. The number of hydrazine groups is 1. The Morgan fingerprint density at radius 2 is 1.36 bits per heavy atom. The van der Waals surface area contributed by atoms with Crippen molar-refractivity contribution in [2.24, 2.45) is 17.8 Å². The predicted molar refractivity (Wildman–Crippen MR) is 77.4 cm³/mol. The van der Waals surface area contributed by atoms with Gasteiger partial charge in [-0.15, -0.1) is 13.2 Å². The fraction of sp³-hybridized carbons (Fsp3) is 0.800. The van der Waals surface area contributed by atoms with Crippen molar-refractivity contribution in [2.45, 2.75) is 51.0 Å². The van der Waals surface area contributed by atoms with Gasteiger partial charge in [-0.2, -0.15) is 0 Å². The van der Waals surface area contributed by atoms with Crippen molar-refractivity contribution in [2.75, 3.05) is 7.11 Å². The Labute approximate surface area is 142 Å². The van der Waals surface area contributed by atoms with Gasteiger partial charge in [0.15, 0.2) is 0 Å². The van der Waals surface area contributed by atoms with E-state index in [-0.39, 0.29) is 36.6 Å². The van der Waals surface area contributed by atoms with Gasteiger partial charge in [0.05, 0.1) is 19.1 Å². The predicted octanol–water partition coefficient (Wildman–Crippen LogP) is 1.43. The lowest BCUT2D eigenvalue weighted by Gasteiger charge is -2.34. The Kier molecular flexibility index (Phi) is 6.26.